The van der Waals surface area contributed by atoms with Crippen LogP contribution in [-0.4, -0.2) is 42.2 Å². The van der Waals surface area contributed by atoms with E-state index in [2.05, 4.69) is 34.7 Å². The topological polar surface area (TPSA) is 46.2 Å². The fourth-order valence-electron chi connectivity index (χ4n) is 3.46. The summed E-state index contributed by atoms with van der Waals surface area (Å²) in [4.78, 5) is 0. The molecule has 0 amide bonds. The number of rotatable bonds is 5. The third-order valence-electron chi connectivity index (χ3n) is 4.85. The number of benzene rings is 2. The van der Waals surface area contributed by atoms with Crippen LogP contribution < -0.4 is 0 Å². The van der Waals surface area contributed by atoms with Crippen molar-refractivity contribution in [2.24, 2.45) is 0 Å². The Morgan fingerprint density at radius 1 is 1.00 bits per heavy atom. The van der Waals surface area contributed by atoms with E-state index < -0.39 is 6.29 Å². The van der Waals surface area contributed by atoms with E-state index >= 15 is 0 Å². The van der Waals surface area contributed by atoms with Crippen LogP contribution in [0.4, 0.5) is 0 Å². The van der Waals surface area contributed by atoms with Gasteiger partial charge in [0.05, 0.1) is 17.1 Å². The van der Waals surface area contributed by atoms with Crippen LogP contribution in [0.3, 0.4) is 0 Å². The van der Waals surface area contributed by atoms with Crippen LogP contribution >= 0.6 is 22.6 Å². The number of fused-ring (bicyclic) bond motifs is 1. The van der Waals surface area contributed by atoms with E-state index in [9.17, 15) is 0 Å². The lowest BCUT2D eigenvalue weighted by molar-refractivity contribution is -0.335. The molecular weight excluding hydrogens is 459 g/mol. The van der Waals surface area contributed by atoms with Gasteiger partial charge in [-0.3, -0.25) is 0 Å². The molecular formula is C21H23IO5. The summed E-state index contributed by atoms with van der Waals surface area (Å²) in [6.07, 6.45) is -1.37. The Kier molecular flexibility index (Phi) is 6.42. The zero-order valence-electron chi connectivity index (χ0n) is 15.1. The summed E-state index contributed by atoms with van der Waals surface area (Å²) in [6.45, 7) is 0.962. The predicted molar refractivity (Wildman–Crippen MR) is 109 cm³/mol. The van der Waals surface area contributed by atoms with Gasteiger partial charge in [0.25, 0.3) is 0 Å². The van der Waals surface area contributed by atoms with Crippen molar-refractivity contribution in [2.45, 2.75) is 41.4 Å². The number of halogens is 1. The Bertz CT molecular complexity index is 713. The van der Waals surface area contributed by atoms with E-state index in [1.807, 2.05) is 48.5 Å². The van der Waals surface area contributed by atoms with Gasteiger partial charge in [-0.2, -0.15) is 0 Å². The lowest BCUT2D eigenvalue weighted by Gasteiger charge is -2.47. The van der Waals surface area contributed by atoms with Crippen LogP contribution in [-0.2, 0) is 30.3 Å². The molecule has 0 aliphatic carbocycles. The van der Waals surface area contributed by atoms with Crippen LogP contribution in [0.1, 0.15) is 17.4 Å². The molecule has 2 aliphatic heterocycles. The average Bonchev–Trinajstić information content (AvgIpc) is 2.74. The molecule has 0 saturated carbocycles. The summed E-state index contributed by atoms with van der Waals surface area (Å²) in [5.41, 5.74) is 2.13. The van der Waals surface area contributed by atoms with Crippen LogP contribution in [0.25, 0.3) is 0 Å². The molecule has 2 aliphatic rings. The van der Waals surface area contributed by atoms with E-state index in [4.69, 9.17) is 23.7 Å². The molecule has 0 aromatic heterocycles. The first-order valence-corrected chi connectivity index (χ1v) is 10.3. The summed E-state index contributed by atoms with van der Waals surface area (Å²) in [5, 5.41) is 0. The number of alkyl halides is 1. The van der Waals surface area contributed by atoms with E-state index in [0.717, 1.165) is 11.1 Å². The molecule has 27 heavy (non-hydrogen) atoms. The molecule has 144 valence electrons. The monoisotopic (exact) mass is 482 g/mol. The van der Waals surface area contributed by atoms with Crippen molar-refractivity contribution in [1.29, 1.82) is 0 Å². The second-order valence-corrected chi connectivity index (χ2v) is 8.10. The molecule has 2 aromatic rings. The molecule has 2 saturated heterocycles. The Balaban J connectivity index is 1.51. The molecule has 0 spiro atoms. The van der Waals surface area contributed by atoms with E-state index in [1.165, 1.54) is 0 Å². The van der Waals surface area contributed by atoms with Crippen LogP contribution in [0.15, 0.2) is 60.7 Å². The largest absolute Gasteiger partial charge is 0.369 e. The van der Waals surface area contributed by atoms with Crippen molar-refractivity contribution < 1.29 is 23.7 Å². The molecule has 0 N–H and O–H groups in total. The maximum Gasteiger partial charge on any atom is 0.184 e. The number of hydrogen-bond acceptors (Lipinski definition) is 5. The van der Waals surface area contributed by atoms with Crippen molar-refractivity contribution in [3.63, 3.8) is 0 Å². The first-order valence-electron chi connectivity index (χ1n) is 9.06. The Labute approximate surface area is 173 Å². The normalized spacial score (nSPS) is 33.4. The van der Waals surface area contributed by atoms with Crippen LogP contribution in [0.5, 0.6) is 0 Å². The Hall–Kier alpha value is -1.03. The lowest BCUT2D eigenvalue weighted by Crippen LogP contribution is -2.61. The lowest BCUT2D eigenvalue weighted by atomic mass is 9.99. The van der Waals surface area contributed by atoms with Gasteiger partial charge in [-0.15, -0.1) is 0 Å². The first-order chi connectivity index (χ1) is 13.3. The SMILES string of the molecule is CO[C@H]1O[C@@H]2COC(c3ccccc3)O[C@H]2[C@H](OCc2ccccc2)[C@@H]1I. The average molecular weight is 482 g/mol. The molecule has 2 aromatic carbocycles. The second kappa shape index (κ2) is 8.98. The third kappa shape index (κ3) is 4.36. The minimum absolute atomic E-state index is 0.00656. The molecule has 2 fully saturated rings. The van der Waals surface area contributed by atoms with Crippen molar-refractivity contribution in [3.8, 4) is 0 Å². The van der Waals surface area contributed by atoms with Crippen molar-refractivity contribution in [2.75, 3.05) is 13.7 Å². The van der Waals surface area contributed by atoms with Gasteiger partial charge in [0, 0.05) is 12.7 Å². The van der Waals surface area contributed by atoms with E-state index in [1.54, 1.807) is 7.11 Å². The molecule has 5 nitrogen and oxygen atoms in total. The first kappa shape index (κ1) is 19.3. The van der Waals surface area contributed by atoms with Gasteiger partial charge in [0.15, 0.2) is 12.6 Å². The fraction of sp³-hybridized carbons (Fsp3) is 0.429. The maximum absolute atomic E-state index is 6.32. The molecule has 0 radical (unpaired) electrons. The van der Waals surface area contributed by atoms with Gasteiger partial charge in [-0.05, 0) is 5.56 Å². The fourth-order valence-corrected chi connectivity index (χ4v) is 4.54. The minimum Gasteiger partial charge on any atom is -0.369 e. The molecule has 1 unspecified atom stereocenters. The smallest absolute Gasteiger partial charge is 0.184 e. The maximum atomic E-state index is 6.32. The molecule has 6 heteroatoms. The van der Waals surface area contributed by atoms with E-state index in [0.29, 0.717) is 13.2 Å². The van der Waals surface area contributed by atoms with Gasteiger partial charge in [0.2, 0.25) is 0 Å². The Morgan fingerprint density at radius 2 is 1.70 bits per heavy atom. The van der Waals surface area contributed by atoms with E-state index in [-0.39, 0.29) is 28.5 Å². The molecule has 4 rings (SSSR count). The quantitative estimate of drug-likeness (QED) is 0.479. The summed E-state index contributed by atoms with van der Waals surface area (Å²) in [5.74, 6) is 0. The molecule has 2 heterocycles. The highest BCUT2D eigenvalue weighted by Gasteiger charge is 2.50. The van der Waals surface area contributed by atoms with Gasteiger partial charge >= 0.3 is 0 Å². The zero-order valence-corrected chi connectivity index (χ0v) is 17.2. The second-order valence-electron chi connectivity index (χ2n) is 6.66. The van der Waals surface area contributed by atoms with Gasteiger partial charge in [-0.1, -0.05) is 83.3 Å². The summed E-state index contributed by atoms with van der Waals surface area (Å²) in [7, 11) is 1.65. The number of methoxy groups -OCH3 is 1. The van der Waals surface area contributed by atoms with Gasteiger partial charge in [0.1, 0.15) is 18.3 Å². The summed E-state index contributed by atoms with van der Waals surface area (Å²) < 4.78 is 30.1. The molecule has 0 bridgehead atoms. The van der Waals surface area contributed by atoms with Gasteiger partial charge in [-0.25, -0.2) is 0 Å². The molecule has 6 atom stereocenters. The number of ether oxygens (including phenoxy) is 5. The third-order valence-corrected chi connectivity index (χ3v) is 6.15. The summed E-state index contributed by atoms with van der Waals surface area (Å²) in [6, 6.07) is 20.1. The van der Waals surface area contributed by atoms with Crippen LogP contribution in [0, 0.1) is 0 Å². The predicted octanol–water partition coefficient (Wildman–Crippen LogP) is 3.86. The van der Waals surface area contributed by atoms with Crippen LogP contribution in [0.2, 0.25) is 0 Å². The Morgan fingerprint density at radius 3 is 2.41 bits per heavy atom. The van der Waals surface area contributed by atoms with Crippen molar-refractivity contribution in [3.05, 3.63) is 71.8 Å². The zero-order chi connectivity index (χ0) is 18.6. The highest BCUT2D eigenvalue weighted by molar-refractivity contribution is 14.1. The highest BCUT2D eigenvalue weighted by Crippen LogP contribution is 2.38. The highest BCUT2D eigenvalue weighted by atomic mass is 127. The van der Waals surface area contributed by atoms with Gasteiger partial charge < -0.3 is 23.7 Å². The standard InChI is InChI=1S/C21H23IO5/c1-23-21-17(22)19(24-12-14-8-4-2-5-9-14)18-16(26-21)13-25-20(27-18)15-10-6-3-7-11-15/h2-11,16-21H,12-13H2,1H3/t16-,17+,18-,19-,20?,21+/m1/s1. The van der Waals surface area contributed by atoms with Crippen molar-refractivity contribution >= 4 is 22.6 Å². The summed E-state index contributed by atoms with van der Waals surface area (Å²) >= 11 is 2.34. The number of hydrogen-bond donors (Lipinski definition) is 0. The van der Waals surface area contributed by atoms with Crippen molar-refractivity contribution in [1.82, 2.24) is 0 Å². The minimum atomic E-state index is -0.415.